The second-order valence-electron chi connectivity index (χ2n) is 5.36. The summed E-state index contributed by atoms with van der Waals surface area (Å²) in [7, 11) is 1.57. The van der Waals surface area contributed by atoms with Gasteiger partial charge < -0.3 is 15.2 Å². The SMILES string of the molecule is CCC(Nc1ccc(O)c2c1C(=O)c1ccccc1C2=O)OC. The normalized spacial score (nSPS) is 14.2. The first-order chi connectivity index (χ1) is 11.1. The Balaban J connectivity index is 2.19. The number of ether oxygens (including phenoxy) is 1. The summed E-state index contributed by atoms with van der Waals surface area (Å²) in [4.78, 5) is 25.5. The maximum atomic E-state index is 12.8. The van der Waals surface area contributed by atoms with Crippen LogP contribution in [0.25, 0.3) is 0 Å². The maximum Gasteiger partial charge on any atom is 0.198 e. The van der Waals surface area contributed by atoms with Gasteiger partial charge in [-0.3, -0.25) is 9.59 Å². The highest BCUT2D eigenvalue weighted by Gasteiger charge is 2.34. The smallest absolute Gasteiger partial charge is 0.198 e. The number of carbonyl (C=O) groups excluding carboxylic acids is 2. The first-order valence-electron chi connectivity index (χ1n) is 7.42. The number of hydrogen-bond acceptors (Lipinski definition) is 5. The molecular formula is C18H17NO4. The topological polar surface area (TPSA) is 75.6 Å². The zero-order valence-corrected chi connectivity index (χ0v) is 12.9. The van der Waals surface area contributed by atoms with Crippen LogP contribution in [0.1, 0.15) is 45.2 Å². The Bertz CT molecular complexity index is 794. The molecule has 0 saturated heterocycles. The minimum atomic E-state index is -0.346. The van der Waals surface area contributed by atoms with E-state index < -0.39 is 0 Å². The molecular weight excluding hydrogens is 294 g/mol. The van der Waals surface area contributed by atoms with E-state index in [0.717, 1.165) is 0 Å². The van der Waals surface area contributed by atoms with Crippen LogP contribution in [-0.4, -0.2) is 30.0 Å². The van der Waals surface area contributed by atoms with E-state index in [1.54, 1.807) is 37.4 Å². The molecule has 1 unspecified atom stereocenters. The molecule has 118 valence electrons. The van der Waals surface area contributed by atoms with Gasteiger partial charge in [-0.05, 0) is 18.6 Å². The molecule has 0 fully saturated rings. The number of nitrogens with one attached hydrogen (secondary N) is 1. The molecule has 1 atom stereocenters. The fourth-order valence-corrected chi connectivity index (χ4v) is 2.83. The van der Waals surface area contributed by atoms with E-state index in [1.807, 2.05) is 6.92 Å². The monoisotopic (exact) mass is 311 g/mol. The quantitative estimate of drug-likeness (QED) is 0.572. The maximum absolute atomic E-state index is 12.8. The van der Waals surface area contributed by atoms with Gasteiger partial charge in [0, 0.05) is 23.9 Å². The van der Waals surface area contributed by atoms with Crippen molar-refractivity contribution in [3.63, 3.8) is 0 Å². The number of benzene rings is 2. The summed E-state index contributed by atoms with van der Waals surface area (Å²) in [5.41, 5.74) is 1.40. The first-order valence-corrected chi connectivity index (χ1v) is 7.42. The van der Waals surface area contributed by atoms with Crippen LogP contribution in [0.3, 0.4) is 0 Å². The van der Waals surface area contributed by atoms with E-state index in [4.69, 9.17) is 4.74 Å². The number of anilines is 1. The van der Waals surface area contributed by atoms with E-state index in [0.29, 0.717) is 23.2 Å². The lowest BCUT2D eigenvalue weighted by Gasteiger charge is -2.24. The minimum absolute atomic E-state index is 0.0460. The Morgan fingerprint density at radius 3 is 2.22 bits per heavy atom. The summed E-state index contributed by atoms with van der Waals surface area (Å²) in [6.07, 6.45) is 0.397. The number of carbonyl (C=O) groups is 2. The molecule has 1 aliphatic rings. The van der Waals surface area contributed by atoms with Crippen LogP contribution in [0.4, 0.5) is 5.69 Å². The number of hydrogen-bond donors (Lipinski definition) is 2. The Labute approximate surface area is 133 Å². The molecule has 0 radical (unpaired) electrons. The van der Waals surface area contributed by atoms with Crippen molar-refractivity contribution in [2.75, 3.05) is 12.4 Å². The minimum Gasteiger partial charge on any atom is -0.507 e. The third-order valence-electron chi connectivity index (χ3n) is 4.03. The number of aromatic hydroxyl groups is 1. The van der Waals surface area contributed by atoms with Gasteiger partial charge in [-0.1, -0.05) is 31.2 Å². The highest BCUT2D eigenvalue weighted by atomic mass is 16.5. The lowest BCUT2D eigenvalue weighted by atomic mass is 9.82. The Morgan fingerprint density at radius 2 is 1.65 bits per heavy atom. The van der Waals surface area contributed by atoms with Gasteiger partial charge in [0.2, 0.25) is 0 Å². The highest BCUT2D eigenvalue weighted by Crippen LogP contribution is 2.37. The third-order valence-corrected chi connectivity index (χ3v) is 4.03. The number of methoxy groups -OCH3 is 1. The zero-order chi connectivity index (χ0) is 16.6. The van der Waals surface area contributed by atoms with Crippen LogP contribution in [0.15, 0.2) is 36.4 Å². The zero-order valence-electron chi connectivity index (χ0n) is 12.9. The van der Waals surface area contributed by atoms with Gasteiger partial charge in [-0.2, -0.15) is 0 Å². The van der Waals surface area contributed by atoms with Crippen LogP contribution in [0.2, 0.25) is 0 Å². The standard InChI is InChI=1S/C18H17NO4/c1-3-14(23-2)19-12-8-9-13(20)16-15(12)17(21)10-6-4-5-7-11(10)18(16)22/h4-9,14,19-20H,3H2,1-2H3. The molecule has 3 rings (SSSR count). The first kappa shape index (κ1) is 15.2. The molecule has 5 nitrogen and oxygen atoms in total. The number of ketones is 2. The van der Waals surface area contributed by atoms with Gasteiger partial charge in [0.1, 0.15) is 12.0 Å². The summed E-state index contributed by atoms with van der Waals surface area (Å²) < 4.78 is 5.29. The third kappa shape index (κ3) is 2.39. The fraction of sp³-hybridized carbons (Fsp3) is 0.222. The van der Waals surface area contributed by atoms with E-state index in [1.165, 1.54) is 6.07 Å². The van der Waals surface area contributed by atoms with Gasteiger partial charge in [0.25, 0.3) is 0 Å². The molecule has 0 aliphatic heterocycles. The average molecular weight is 311 g/mol. The van der Waals surface area contributed by atoms with Crippen LogP contribution in [0.5, 0.6) is 5.75 Å². The van der Waals surface area contributed by atoms with Crippen molar-refractivity contribution < 1.29 is 19.4 Å². The van der Waals surface area contributed by atoms with Crippen LogP contribution >= 0.6 is 0 Å². The second kappa shape index (κ2) is 5.85. The predicted molar refractivity (Wildman–Crippen MR) is 86.1 cm³/mol. The number of rotatable bonds is 4. The van der Waals surface area contributed by atoms with Gasteiger partial charge in [0.05, 0.1) is 11.1 Å². The van der Waals surface area contributed by atoms with E-state index in [2.05, 4.69) is 5.32 Å². The van der Waals surface area contributed by atoms with E-state index in [9.17, 15) is 14.7 Å². The van der Waals surface area contributed by atoms with Crippen molar-refractivity contribution in [3.05, 3.63) is 58.7 Å². The molecule has 0 heterocycles. The van der Waals surface area contributed by atoms with Gasteiger partial charge in [-0.25, -0.2) is 0 Å². The van der Waals surface area contributed by atoms with Crippen molar-refractivity contribution in [1.82, 2.24) is 0 Å². The largest absolute Gasteiger partial charge is 0.507 e. The number of phenols is 1. The molecule has 1 aliphatic carbocycles. The fourth-order valence-electron chi connectivity index (χ4n) is 2.83. The number of fused-ring (bicyclic) bond motifs is 2. The highest BCUT2D eigenvalue weighted by molar-refractivity contribution is 6.31. The second-order valence-corrected chi connectivity index (χ2v) is 5.36. The molecule has 23 heavy (non-hydrogen) atoms. The summed E-state index contributed by atoms with van der Waals surface area (Å²) in [5, 5.41) is 13.2. The summed E-state index contributed by atoms with van der Waals surface area (Å²) in [5.74, 6) is -0.815. The van der Waals surface area contributed by atoms with Gasteiger partial charge in [0.15, 0.2) is 11.6 Å². The molecule has 0 amide bonds. The Kier molecular flexibility index (Phi) is 3.88. The van der Waals surface area contributed by atoms with Gasteiger partial charge in [-0.15, -0.1) is 0 Å². The van der Waals surface area contributed by atoms with Crippen LogP contribution in [-0.2, 0) is 4.74 Å². The molecule has 5 heteroatoms. The molecule has 0 spiro atoms. The molecule has 2 aromatic carbocycles. The Hall–Kier alpha value is -2.66. The van der Waals surface area contributed by atoms with E-state index >= 15 is 0 Å². The Morgan fingerprint density at radius 1 is 1.04 bits per heavy atom. The predicted octanol–water partition coefficient (Wildman–Crippen LogP) is 2.96. The molecule has 2 N–H and O–H groups in total. The lowest BCUT2D eigenvalue weighted by Crippen LogP contribution is -2.26. The molecule has 0 saturated carbocycles. The lowest BCUT2D eigenvalue weighted by molar-refractivity contribution is 0.0975. The number of phenolic OH excluding ortho intramolecular Hbond substituents is 1. The van der Waals surface area contributed by atoms with Crippen molar-refractivity contribution in [1.29, 1.82) is 0 Å². The summed E-state index contributed by atoms with van der Waals surface area (Å²) in [6.45, 7) is 1.94. The average Bonchev–Trinajstić information content (AvgIpc) is 2.58. The van der Waals surface area contributed by atoms with Crippen LogP contribution < -0.4 is 5.32 Å². The van der Waals surface area contributed by atoms with Crippen molar-refractivity contribution in [2.24, 2.45) is 0 Å². The summed E-state index contributed by atoms with van der Waals surface area (Å²) >= 11 is 0. The summed E-state index contributed by atoms with van der Waals surface area (Å²) in [6, 6.07) is 9.65. The molecule has 0 bridgehead atoms. The van der Waals surface area contributed by atoms with Crippen molar-refractivity contribution in [3.8, 4) is 5.75 Å². The van der Waals surface area contributed by atoms with E-state index in [-0.39, 0.29) is 34.7 Å². The van der Waals surface area contributed by atoms with Crippen molar-refractivity contribution >= 4 is 17.3 Å². The molecule has 2 aromatic rings. The molecule has 0 aromatic heterocycles. The van der Waals surface area contributed by atoms with Crippen molar-refractivity contribution in [2.45, 2.75) is 19.6 Å². The van der Waals surface area contributed by atoms with Crippen LogP contribution in [0, 0.1) is 0 Å². The van der Waals surface area contributed by atoms with Gasteiger partial charge >= 0.3 is 0 Å².